The lowest BCUT2D eigenvalue weighted by atomic mass is 9.99. The zero-order valence-corrected chi connectivity index (χ0v) is 16.0. The van der Waals surface area contributed by atoms with E-state index in [0.29, 0.717) is 29.9 Å². The lowest BCUT2D eigenvalue weighted by Crippen LogP contribution is -2.50. The zero-order valence-electron chi connectivity index (χ0n) is 16.0. The molecule has 0 saturated heterocycles. The summed E-state index contributed by atoms with van der Waals surface area (Å²) in [7, 11) is 0. The largest absolute Gasteiger partial charge is 0.366 e. The highest BCUT2D eigenvalue weighted by Gasteiger charge is 2.33. The molecule has 0 unspecified atom stereocenters. The Morgan fingerprint density at radius 3 is 2.57 bits per heavy atom. The topological polar surface area (TPSA) is 104 Å². The van der Waals surface area contributed by atoms with Crippen molar-refractivity contribution in [2.24, 2.45) is 5.73 Å². The molecule has 0 saturated carbocycles. The van der Waals surface area contributed by atoms with Crippen molar-refractivity contribution in [3.63, 3.8) is 0 Å². The Kier molecular flexibility index (Phi) is 4.86. The molecule has 146 valence electrons. The highest BCUT2D eigenvalue weighted by atomic mass is 19.1. The van der Waals surface area contributed by atoms with E-state index in [-0.39, 0.29) is 23.8 Å². The van der Waals surface area contributed by atoms with Crippen LogP contribution in [0.2, 0.25) is 0 Å². The predicted molar refractivity (Wildman–Crippen MR) is 102 cm³/mol. The minimum Gasteiger partial charge on any atom is -0.366 e. The van der Waals surface area contributed by atoms with E-state index in [1.807, 2.05) is 20.8 Å². The Bertz CT molecular complexity index is 997. The molecule has 28 heavy (non-hydrogen) atoms. The second-order valence-electron chi connectivity index (χ2n) is 7.79. The number of rotatable bonds is 2. The summed E-state index contributed by atoms with van der Waals surface area (Å²) in [4.78, 5) is 26.4. The summed E-state index contributed by atoms with van der Waals surface area (Å²) in [6.07, 6.45) is 0. The number of hydrogen-bond donors (Lipinski definition) is 2. The van der Waals surface area contributed by atoms with Gasteiger partial charge in [-0.05, 0) is 38.5 Å². The minimum absolute atomic E-state index is 0.129. The lowest BCUT2D eigenvalue weighted by Gasteiger charge is -2.32. The number of urea groups is 1. The van der Waals surface area contributed by atoms with E-state index in [1.165, 1.54) is 18.2 Å². The number of aromatic nitrogens is 1. The average Bonchev–Trinajstić information content (AvgIpc) is 2.93. The summed E-state index contributed by atoms with van der Waals surface area (Å²) >= 11 is 0. The first-order valence-corrected chi connectivity index (χ1v) is 8.90. The van der Waals surface area contributed by atoms with Crippen LogP contribution in [0.4, 0.5) is 9.18 Å². The van der Waals surface area contributed by atoms with Gasteiger partial charge in [-0.2, -0.15) is 5.26 Å². The average molecular weight is 383 g/mol. The summed E-state index contributed by atoms with van der Waals surface area (Å²) in [5.41, 5.74) is 6.80. The number of nitrogens with one attached hydrogen (secondary N) is 1. The van der Waals surface area contributed by atoms with E-state index in [9.17, 15) is 19.2 Å². The molecular weight excluding hydrogens is 361 g/mol. The monoisotopic (exact) mass is 383 g/mol. The molecular formula is C20H22FN5O2. The maximum absolute atomic E-state index is 13.8. The van der Waals surface area contributed by atoms with E-state index in [4.69, 9.17) is 5.73 Å². The molecule has 3 N–H and O–H groups in total. The van der Waals surface area contributed by atoms with Crippen molar-refractivity contribution in [3.8, 4) is 17.2 Å². The third kappa shape index (κ3) is 3.56. The van der Waals surface area contributed by atoms with E-state index in [1.54, 1.807) is 15.5 Å². The molecule has 0 atom stereocenters. The van der Waals surface area contributed by atoms with Gasteiger partial charge in [0.25, 0.3) is 5.91 Å². The Morgan fingerprint density at radius 1 is 1.29 bits per heavy atom. The standard InChI is InChI=1S/C20H22FN5O2/c1-20(2,3)24-19(28)25-7-8-26-14(10-22)16(12-5-4-6-13(21)9-12)17(18(23)27)15(26)11-25/h4-6,9H,7-8,11H2,1-3H3,(H2,23,27)(H,24,28). The fraction of sp³-hybridized carbons (Fsp3) is 0.350. The van der Waals surface area contributed by atoms with Crippen molar-refractivity contribution in [3.05, 3.63) is 47.0 Å². The molecule has 8 heteroatoms. The van der Waals surface area contributed by atoms with Crippen molar-refractivity contribution in [2.45, 2.75) is 39.4 Å². The van der Waals surface area contributed by atoms with Gasteiger partial charge in [0.05, 0.1) is 17.8 Å². The second kappa shape index (κ2) is 7.00. The van der Waals surface area contributed by atoms with Gasteiger partial charge in [0, 0.05) is 24.2 Å². The minimum atomic E-state index is -0.720. The fourth-order valence-corrected chi connectivity index (χ4v) is 3.44. The zero-order chi connectivity index (χ0) is 20.6. The van der Waals surface area contributed by atoms with Gasteiger partial charge in [-0.1, -0.05) is 12.1 Å². The van der Waals surface area contributed by atoms with Gasteiger partial charge in [-0.15, -0.1) is 0 Å². The molecule has 0 spiro atoms. The number of fused-ring (bicyclic) bond motifs is 1. The van der Waals surface area contributed by atoms with Crippen LogP contribution in [-0.2, 0) is 13.1 Å². The lowest BCUT2D eigenvalue weighted by molar-refractivity contribution is 0.0997. The molecule has 7 nitrogen and oxygen atoms in total. The third-order valence-electron chi connectivity index (χ3n) is 4.54. The number of hydrogen-bond acceptors (Lipinski definition) is 3. The first kappa shape index (κ1) is 19.4. The molecule has 3 amide bonds. The first-order chi connectivity index (χ1) is 13.1. The van der Waals surface area contributed by atoms with Gasteiger partial charge in [0.1, 0.15) is 17.6 Å². The molecule has 1 aromatic carbocycles. The van der Waals surface area contributed by atoms with Crippen molar-refractivity contribution in [1.29, 1.82) is 5.26 Å². The number of primary amides is 1. The first-order valence-electron chi connectivity index (χ1n) is 8.90. The van der Waals surface area contributed by atoms with Crippen LogP contribution in [-0.4, -0.2) is 33.5 Å². The van der Waals surface area contributed by atoms with Gasteiger partial charge in [-0.3, -0.25) is 4.79 Å². The number of nitriles is 1. The Morgan fingerprint density at radius 2 is 2.00 bits per heavy atom. The molecule has 0 bridgehead atoms. The Labute approximate surface area is 162 Å². The predicted octanol–water partition coefficient (Wildman–Crippen LogP) is 2.59. The molecule has 2 aromatic rings. The molecule has 3 rings (SSSR count). The Hall–Kier alpha value is -3.34. The van der Waals surface area contributed by atoms with Gasteiger partial charge >= 0.3 is 6.03 Å². The molecule has 2 heterocycles. The SMILES string of the molecule is CC(C)(C)NC(=O)N1CCn2c(C#N)c(-c3cccc(F)c3)c(C(N)=O)c2C1. The van der Waals surface area contributed by atoms with Crippen LogP contribution in [0.5, 0.6) is 0 Å². The van der Waals surface area contributed by atoms with E-state index >= 15 is 0 Å². The number of nitrogens with two attached hydrogens (primary N) is 1. The van der Waals surface area contributed by atoms with E-state index in [2.05, 4.69) is 11.4 Å². The quantitative estimate of drug-likeness (QED) is 0.833. The van der Waals surface area contributed by atoms with E-state index in [0.717, 1.165) is 0 Å². The van der Waals surface area contributed by atoms with Crippen LogP contribution < -0.4 is 11.1 Å². The maximum Gasteiger partial charge on any atom is 0.318 e. The summed E-state index contributed by atoms with van der Waals surface area (Å²) in [5.74, 6) is -1.20. The highest BCUT2D eigenvalue weighted by Crippen LogP contribution is 2.35. The summed E-state index contributed by atoms with van der Waals surface area (Å²) < 4.78 is 15.5. The summed E-state index contributed by atoms with van der Waals surface area (Å²) in [5, 5.41) is 12.6. The molecule has 0 aliphatic carbocycles. The van der Waals surface area contributed by atoms with E-state index < -0.39 is 17.3 Å². The van der Waals surface area contributed by atoms with Crippen LogP contribution in [0.25, 0.3) is 11.1 Å². The summed E-state index contributed by atoms with van der Waals surface area (Å²) in [6, 6.07) is 7.54. The fourth-order valence-electron chi connectivity index (χ4n) is 3.44. The highest BCUT2D eigenvalue weighted by molar-refractivity contribution is 6.03. The smallest absolute Gasteiger partial charge is 0.318 e. The van der Waals surface area contributed by atoms with Gasteiger partial charge in [0.2, 0.25) is 0 Å². The van der Waals surface area contributed by atoms with Gasteiger partial charge < -0.3 is 20.5 Å². The van der Waals surface area contributed by atoms with Crippen molar-refractivity contribution in [2.75, 3.05) is 6.54 Å². The van der Waals surface area contributed by atoms with Crippen molar-refractivity contribution < 1.29 is 14.0 Å². The van der Waals surface area contributed by atoms with Crippen LogP contribution in [0.3, 0.4) is 0 Å². The summed E-state index contributed by atoms with van der Waals surface area (Å²) in [6.45, 7) is 6.47. The number of carbonyl (C=O) groups excluding carboxylic acids is 2. The molecule has 1 aliphatic heterocycles. The maximum atomic E-state index is 13.8. The van der Waals surface area contributed by atoms with Crippen LogP contribution in [0, 0.1) is 17.1 Å². The van der Waals surface area contributed by atoms with Gasteiger partial charge in [-0.25, -0.2) is 9.18 Å². The number of amides is 3. The number of halogens is 1. The molecule has 1 aromatic heterocycles. The van der Waals surface area contributed by atoms with Crippen LogP contribution >= 0.6 is 0 Å². The van der Waals surface area contributed by atoms with Gasteiger partial charge in [0.15, 0.2) is 0 Å². The third-order valence-corrected chi connectivity index (χ3v) is 4.54. The number of benzene rings is 1. The van der Waals surface area contributed by atoms with Crippen molar-refractivity contribution >= 4 is 11.9 Å². The van der Waals surface area contributed by atoms with Crippen LogP contribution in [0.1, 0.15) is 42.5 Å². The molecule has 0 fully saturated rings. The van der Waals surface area contributed by atoms with Crippen molar-refractivity contribution in [1.82, 2.24) is 14.8 Å². The van der Waals surface area contributed by atoms with Crippen LogP contribution in [0.15, 0.2) is 24.3 Å². The second-order valence-corrected chi connectivity index (χ2v) is 7.79. The normalized spacial score (nSPS) is 13.6. The number of carbonyl (C=O) groups is 2. The number of nitrogens with zero attached hydrogens (tertiary/aromatic N) is 3. The Balaban J connectivity index is 2.11. The molecule has 0 radical (unpaired) electrons. The molecule has 1 aliphatic rings.